The largest absolute Gasteiger partial charge is 0.480 e. The molecule has 1 aromatic heterocycles. The fourth-order valence-electron chi connectivity index (χ4n) is 3.74. The third-order valence-electron chi connectivity index (χ3n) is 5.04. The Morgan fingerprint density at radius 2 is 1.84 bits per heavy atom. The van der Waals surface area contributed by atoms with Crippen molar-refractivity contribution in [2.24, 2.45) is 0 Å². The zero-order valence-electron chi connectivity index (χ0n) is 16.8. The van der Waals surface area contributed by atoms with E-state index in [4.69, 9.17) is 11.6 Å². The number of anilines is 3. The van der Waals surface area contributed by atoms with Crippen LogP contribution in [0.15, 0.2) is 59.4 Å². The summed E-state index contributed by atoms with van der Waals surface area (Å²) in [6.07, 6.45) is 0. The van der Waals surface area contributed by atoms with Gasteiger partial charge in [-0.05, 0) is 42.5 Å². The lowest BCUT2D eigenvalue weighted by molar-refractivity contribution is -0.137. The SMILES string of the molecule is CN(C)c1c(Cl)ccc2c(=O)c3ccc(Nc4ccccc4F)cc3n(CC(=O)O)c12. The van der Waals surface area contributed by atoms with Gasteiger partial charge in [-0.15, -0.1) is 0 Å². The van der Waals surface area contributed by atoms with Crippen LogP contribution in [-0.2, 0) is 11.3 Å². The van der Waals surface area contributed by atoms with Crippen molar-refractivity contribution < 1.29 is 14.3 Å². The van der Waals surface area contributed by atoms with Crippen LogP contribution < -0.4 is 15.6 Å². The third kappa shape index (κ3) is 3.68. The molecule has 6 nitrogen and oxygen atoms in total. The van der Waals surface area contributed by atoms with Crippen LogP contribution in [0.5, 0.6) is 0 Å². The maximum atomic E-state index is 14.1. The number of fused-ring (bicyclic) bond motifs is 2. The van der Waals surface area contributed by atoms with Gasteiger partial charge in [-0.25, -0.2) is 4.39 Å². The normalized spacial score (nSPS) is 11.1. The molecule has 0 aliphatic heterocycles. The molecule has 0 aliphatic rings. The minimum Gasteiger partial charge on any atom is -0.480 e. The van der Waals surface area contributed by atoms with Crippen LogP contribution in [-0.4, -0.2) is 29.7 Å². The first-order chi connectivity index (χ1) is 14.8. The molecule has 0 unspecified atom stereocenters. The first kappa shape index (κ1) is 20.7. The van der Waals surface area contributed by atoms with Gasteiger partial charge in [0.25, 0.3) is 0 Å². The highest BCUT2D eigenvalue weighted by Gasteiger charge is 2.19. The van der Waals surface area contributed by atoms with E-state index in [1.165, 1.54) is 6.07 Å². The van der Waals surface area contributed by atoms with Crippen LogP contribution in [0.2, 0.25) is 5.02 Å². The molecule has 0 saturated heterocycles. The minimum atomic E-state index is -1.07. The summed E-state index contributed by atoms with van der Waals surface area (Å²) >= 11 is 6.41. The van der Waals surface area contributed by atoms with Crippen LogP contribution in [0.4, 0.5) is 21.5 Å². The summed E-state index contributed by atoms with van der Waals surface area (Å²) in [5.41, 5.74) is 1.94. The number of pyridine rings is 1. The van der Waals surface area contributed by atoms with E-state index in [-0.39, 0.29) is 17.7 Å². The maximum Gasteiger partial charge on any atom is 0.323 e. The van der Waals surface area contributed by atoms with Gasteiger partial charge in [0.1, 0.15) is 12.4 Å². The number of carboxylic acid groups (broad SMARTS) is 1. The molecule has 0 aliphatic carbocycles. The number of rotatable bonds is 5. The monoisotopic (exact) mass is 439 g/mol. The van der Waals surface area contributed by atoms with E-state index in [2.05, 4.69) is 5.32 Å². The summed E-state index contributed by atoms with van der Waals surface area (Å²) in [6, 6.07) is 14.4. The number of hydrogen-bond donors (Lipinski definition) is 2. The lowest BCUT2D eigenvalue weighted by Crippen LogP contribution is -2.19. The zero-order valence-corrected chi connectivity index (χ0v) is 17.6. The first-order valence-electron chi connectivity index (χ1n) is 9.47. The second-order valence-corrected chi connectivity index (χ2v) is 7.74. The van der Waals surface area contributed by atoms with Crippen LogP contribution >= 0.6 is 11.6 Å². The molecular formula is C23H19ClFN3O3. The van der Waals surface area contributed by atoms with Crippen molar-refractivity contribution in [3.8, 4) is 0 Å². The smallest absolute Gasteiger partial charge is 0.323 e. The van der Waals surface area contributed by atoms with E-state index in [1.807, 2.05) is 0 Å². The number of nitrogens with zero attached hydrogens (tertiary/aromatic N) is 2. The van der Waals surface area contributed by atoms with Crippen LogP contribution in [0.3, 0.4) is 0 Å². The highest BCUT2D eigenvalue weighted by atomic mass is 35.5. The van der Waals surface area contributed by atoms with Gasteiger partial charge in [0.05, 0.1) is 27.4 Å². The Morgan fingerprint density at radius 1 is 1.13 bits per heavy atom. The van der Waals surface area contributed by atoms with Crippen LogP contribution in [0, 0.1) is 5.82 Å². The predicted octanol–water partition coefficient (Wildman–Crippen LogP) is 4.84. The Hall–Kier alpha value is -3.58. The highest BCUT2D eigenvalue weighted by Crippen LogP contribution is 2.34. The summed E-state index contributed by atoms with van der Waals surface area (Å²) in [7, 11) is 3.55. The quantitative estimate of drug-likeness (QED) is 0.435. The number of carbonyl (C=O) groups is 1. The van der Waals surface area contributed by atoms with Gasteiger partial charge >= 0.3 is 5.97 Å². The molecule has 2 N–H and O–H groups in total. The molecule has 0 spiro atoms. The zero-order chi connectivity index (χ0) is 22.3. The minimum absolute atomic E-state index is 0.233. The Labute approximate surface area is 182 Å². The van der Waals surface area contributed by atoms with Gasteiger partial charge in [-0.3, -0.25) is 9.59 Å². The van der Waals surface area contributed by atoms with Crippen molar-refractivity contribution >= 4 is 56.4 Å². The third-order valence-corrected chi connectivity index (χ3v) is 5.35. The second kappa shape index (κ2) is 7.92. The number of halogens is 2. The number of aromatic nitrogens is 1. The summed E-state index contributed by atoms with van der Waals surface area (Å²) < 4.78 is 15.6. The molecule has 31 heavy (non-hydrogen) atoms. The molecule has 0 fully saturated rings. The fourth-order valence-corrected chi connectivity index (χ4v) is 4.07. The number of para-hydroxylation sites is 1. The molecule has 0 bridgehead atoms. The summed E-state index contributed by atoms with van der Waals surface area (Å²) in [4.78, 5) is 26.7. The summed E-state index contributed by atoms with van der Waals surface area (Å²) in [6.45, 7) is -0.377. The van der Waals surface area contributed by atoms with E-state index in [1.54, 1.807) is 72.1 Å². The molecule has 1 heterocycles. The maximum absolute atomic E-state index is 14.1. The molecule has 4 aromatic rings. The van der Waals surface area contributed by atoms with Crippen LogP contribution in [0.1, 0.15) is 0 Å². The fraction of sp³-hybridized carbons (Fsp3) is 0.130. The van der Waals surface area contributed by atoms with Gasteiger partial charge in [0.2, 0.25) is 0 Å². The number of aliphatic carboxylic acids is 1. The summed E-state index contributed by atoms with van der Waals surface area (Å²) in [5, 5.41) is 13.7. The number of nitrogens with one attached hydrogen (secondary N) is 1. The van der Waals surface area contributed by atoms with Crippen molar-refractivity contribution in [3.05, 3.63) is 75.7 Å². The topological polar surface area (TPSA) is 74.6 Å². The van der Waals surface area contributed by atoms with Crippen molar-refractivity contribution in [2.75, 3.05) is 24.3 Å². The summed E-state index contributed by atoms with van der Waals surface area (Å²) in [5.74, 6) is -1.49. The van der Waals surface area contributed by atoms with Gasteiger partial charge in [-0.2, -0.15) is 0 Å². The number of benzene rings is 3. The average Bonchev–Trinajstić information content (AvgIpc) is 2.72. The average molecular weight is 440 g/mol. The molecule has 3 aromatic carbocycles. The Bertz CT molecular complexity index is 1400. The van der Waals surface area contributed by atoms with Gasteiger partial charge in [0, 0.05) is 30.6 Å². The van der Waals surface area contributed by atoms with Crippen LogP contribution in [0.25, 0.3) is 21.8 Å². The van der Waals surface area contributed by atoms with E-state index < -0.39 is 11.8 Å². The molecule has 0 saturated carbocycles. The number of hydrogen-bond acceptors (Lipinski definition) is 4. The van der Waals surface area contributed by atoms with E-state index in [0.717, 1.165) is 0 Å². The van der Waals surface area contributed by atoms with Crippen molar-refractivity contribution in [2.45, 2.75) is 6.54 Å². The Morgan fingerprint density at radius 3 is 2.52 bits per heavy atom. The number of carboxylic acids is 1. The van der Waals surface area contributed by atoms with Crippen molar-refractivity contribution in [1.82, 2.24) is 4.57 Å². The van der Waals surface area contributed by atoms with Gasteiger partial charge in [0.15, 0.2) is 5.43 Å². The van der Waals surface area contributed by atoms with Crippen molar-refractivity contribution in [1.29, 1.82) is 0 Å². The molecule has 0 radical (unpaired) electrons. The first-order valence-corrected chi connectivity index (χ1v) is 9.85. The lowest BCUT2D eigenvalue weighted by Gasteiger charge is -2.22. The Kier molecular flexibility index (Phi) is 5.29. The predicted molar refractivity (Wildman–Crippen MR) is 122 cm³/mol. The van der Waals surface area contributed by atoms with Crippen molar-refractivity contribution in [3.63, 3.8) is 0 Å². The Balaban J connectivity index is 2.07. The molecule has 8 heteroatoms. The molecule has 158 valence electrons. The van der Waals surface area contributed by atoms with Gasteiger partial charge < -0.3 is 19.9 Å². The van der Waals surface area contributed by atoms with E-state index >= 15 is 0 Å². The standard InChI is InChI=1S/C23H19ClFN3O3/c1-27(2)22-16(24)10-9-15-21(22)28(12-20(29)30)19-11-13(7-8-14(19)23(15)31)26-18-6-4-3-5-17(18)25/h3-11,26H,12H2,1-2H3,(H,29,30). The molecule has 0 amide bonds. The highest BCUT2D eigenvalue weighted by molar-refractivity contribution is 6.35. The molecular weight excluding hydrogens is 421 g/mol. The van der Waals surface area contributed by atoms with E-state index in [0.29, 0.717) is 38.2 Å². The van der Waals surface area contributed by atoms with Gasteiger partial charge in [-0.1, -0.05) is 23.7 Å². The second-order valence-electron chi connectivity index (χ2n) is 7.33. The molecule has 0 atom stereocenters. The lowest BCUT2D eigenvalue weighted by atomic mass is 10.1. The molecule has 4 rings (SSSR count). The van der Waals surface area contributed by atoms with E-state index in [9.17, 15) is 19.1 Å².